The fourth-order valence-electron chi connectivity index (χ4n) is 0.191. The predicted octanol–water partition coefficient (Wildman–Crippen LogP) is 0.843. The second kappa shape index (κ2) is 8.53. The van der Waals surface area contributed by atoms with E-state index in [0.717, 1.165) is 11.8 Å². The number of hydrogen-bond donors (Lipinski definition) is 3. The predicted molar refractivity (Wildman–Crippen MR) is 64.9 cm³/mol. The fourth-order valence-corrected chi connectivity index (χ4v) is 0.420. The van der Waals surface area contributed by atoms with Crippen LogP contribution < -0.4 is 0 Å². The van der Waals surface area contributed by atoms with Gasteiger partial charge in [0.05, 0.1) is 11.2 Å². The van der Waals surface area contributed by atoms with E-state index < -0.39 is 11.2 Å². The van der Waals surface area contributed by atoms with Crippen molar-refractivity contribution in [3.8, 4) is 0 Å². The third-order valence-corrected chi connectivity index (χ3v) is 2.53. The Balaban J connectivity index is 0. The monoisotopic (exact) mass is 283 g/mol. The minimum Gasteiger partial charge on any atom is -0.429 e. The van der Waals surface area contributed by atoms with E-state index in [1.165, 1.54) is 0 Å². The molecule has 0 aromatic carbocycles. The molecular weight excluding hydrogens is 263 g/mol. The molecule has 0 atom stereocenters. The number of aliphatic hydroxyl groups is 2. The molecule has 0 saturated carbocycles. The summed E-state index contributed by atoms with van der Waals surface area (Å²) in [5.74, 6) is 0. The highest BCUT2D eigenvalue weighted by Gasteiger charge is 2.31. The number of alkyl halides is 1. The van der Waals surface area contributed by atoms with Crippen LogP contribution in [0.2, 0.25) is 0 Å². The highest BCUT2D eigenvalue weighted by Crippen LogP contribution is 2.19. The Morgan fingerprint density at radius 2 is 1.53 bits per heavy atom. The van der Waals surface area contributed by atoms with E-state index in [4.69, 9.17) is 15.2 Å². The van der Waals surface area contributed by atoms with Crippen molar-refractivity contribution in [2.45, 2.75) is 45.3 Å². The van der Waals surface area contributed by atoms with Gasteiger partial charge in [-0.25, -0.2) is 0 Å². The van der Waals surface area contributed by atoms with Gasteiger partial charge in [0, 0.05) is 11.9 Å². The zero-order chi connectivity index (χ0) is 12.5. The van der Waals surface area contributed by atoms with Crippen LogP contribution in [0.4, 0.5) is 0 Å². The zero-order valence-electron chi connectivity index (χ0n) is 9.83. The lowest BCUT2D eigenvalue weighted by atomic mass is 9.90. The molecule has 0 aromatic heterocycles. The number of rotatable bonds is 5. The lowest BCUT2D eigenvalue weighted by molar-refractivity contribution is -0.107. The van der Waals surface area contributed by atoms with Gasteiger partial charge in [-0.15, -0.1) is 0 Å². The first-order valence-electron chi connectivity index (χ1n) is 4.75. The van der Waals surface area contributed by atoms with Crippen molar-refractivity contribution in [3.05, 3.63) is 0 Å². The molecule has 0 rings (SSSR count). The van der Waals surface area contributed by atoms with Gasteiger partial charge in [-0.1, -0.05) is 15.9 Å². The van der Waals surface area contributed by atoms with Crippen LogP contribution in [-0.4, -0.2) is 46.1 Å². The molecule has 0 aliphatic heterocycles. The maximum absolute atomic E-state index is 9.10. The maximum atomic E-state index is 9.10. The Bertz CT molecular complexity index is 126. The summed E-state index contributed by atoms with van der Waals surface area (Å²) in [5, 5.41) is 27.1. The third kappa shape index (κ3) is 12.3. The van der Waals surface area contributed by atoms with Crippen molar-refractivity contribution in [1.82, 2.24) is 0 Å². The van der Waals surface area contributed by atoms with Gasteiger partial charge in [0.25, 0.3) is 0 Å². The summed E-state index contributed by atoms with van der Waals surface area (Å²) in [6, 6.07) is 0. The van der Waals surface area contributed by atoms with E-state index in [1.807, 2.05) is 0 Å². The molecule has 3 N–H and O–H groups in total. The smallest absolute Gasteiger partial charge is 0.429 e. The zero-order valence-corrected chi connectivity index (χ0v) is 11.4. The molecule has 0 fully saturated rings. The molecule has 0 aliphatic carbocycles. The van der Waals surface area contributed by atoms with Crippen LogP contribution in [0.3, 0.4) is 0 Å². The summed E-state index contributed by atoms with van der Waals surface area (Å²) in [6.45, 7) is 6.89. The Hall–Kier alpha value is 0.385. The quantitative estimate of drug-likeness (QED) is 0.397. The van der Waals surface area contributed by atoms with E-state index >= 15 is 0 Å². The summed E-state index contributed by atoms with van der Waals surface area (Å²) >= 11 is 3.20. The van der Waals surface area contributed by atoms with Crippen LogP contribution in [0.5, 0.6) is 0 Å². The number of halogens is 1. The second-order valence-corrected chi connectivity index (χ2v) is 4.93. The van der Waals surface area contributed by atoms with Crippen LogP contribution in [-0.2, 0) is 4.65 Å². The van der Waals surface area contributed by atoms with Crippen LogP contribution >= 0.6 is 15.9 Å². The molecule has 6 heteroatoms. The minimum absolute atomic E-state index is 0.585. The average molecular weight is 284 g/mol. The lowest BCUT2D eigenvalue weighted by Crippen LogP contribution is -2.44. The molecule has 0 unspecified atom stereocenters. The first kappa shape index (κ1) is 17.8. The van der Waals surface area contributed by atoms with Crippen molar-refractivity contribution in [1.29, 1.82) is 0 Å². The first-order valence-corrected chi connectivity index (χ1v) is 5.87. The van der Waals surface area contributed by atoms with Gasteiger partial charge >= 0.3 is 7.69 Å². The fraction of sp³-hybridized carbons (Fsp3) is 1.00. The van der Waals surface area contributed by atoms with Crippen molar-refractivity contribution in [3.63, 3.8) is 0 Å². The topological polar surface area (TPSA) is 69.9 Å². The van der Waals surface area contributed by atoms with E-state index in [9.17, 15) is 0 Å². The van der Waals surface area contributed by atoms with Gasteiger partial charge in [-0.3, -0.25) is 0 Å². The van der Waals surface area contributed by atoms with E-state index in [-0.39, 0.29) is 0 Å². The van der Waals surface area contributed by atoms with Crippen molar-refractivity contribution < 1.29 is 19.9 Å². The molecule has 0 saturated heterocycles. The van der Waals surface area contributed by atoms with Gasteiger partial charge in [0.1, 0.15) is 0 Å². The molecule has 0 aliphatic rings. The van der Waals surface area contributed by atoms with Crippen LogP contribution in [0.15, 0.2) is 0 Å². The first-order chi connectivity index (χ1) is 6.66. The van der Waals surface area contributed by atoms with Gasteiger partial charge < -0.3 is 19.9 Å². The average Bonchev–Trinajstić information content (AvgIpc) is 2.03. The Morgan fingerprint density at radius 3 is 1.73 bits per heavy atom. The third-order valence-electron chi connectivity index (χ3n) is 1.97. The lowest BCUT2D eigenvalue weighted by Gasteiger charge is -2.31. The molecule has 0 heterocycles. The van der Waals surface area contributed by atoms with Gasteiger partial charge in [-0.05, 0) is 34.1 Å². The van der Waals surface area contributed by atoms with Gasteiger partial charge in [0.2, 0.25) is 0 Å². The molecule has 4 nitrogen and oxygen atoms in total. The molecule has 0 aromatic rings. The van der Waals surface area contributed by atoms with Crippen LogP contribution in [0.25, 0.3) is 0 Å². The molecule has 15 heavy (non-hydrogen) atoms. The van der Waals surface area contributed by atoms with Gasteiger partial charge in [-0.2, -0.15) is 0 Å². The van der Waals surface area contributed by atoms with E-state index in [1.54, 1.807) is 27.7 Å². The number of hydrogen-bond acceptors (Lipinski definition) is 4. The SMILES string of the molecule is CC(C)(O)C(C)(C)O.O[B]OCCCBr. The molecule has 0 spiro atoms. The maximum Gasteiger partial charge on any atom is 0.485 e. The molecule has 0 amide bonds. The summed E-state index contributed by atoms with van der Waals surface area (Å²) in [6.07, 6.45) is 0.928. The largest absolute Gasteiger partial charge is 0.485 e. The van der Waals surface area contributed by atoms with Crippen molar-refractivity contribution in [2.75, 3.05) is 11.9 Å². The summed E-state index contributed by atoms with van der Waals surface area (Å²) in [4.78, 5) is 0. The summed E-state index contributed by atoms with van der Waals surface area (Å²) in [7, 11) is 0.711. The van der Waals surface area contributed by atoms with Crippen molar-refractivity contribution >= 4 is 23.6 Å². The Kier molecular flexibility index (Phi) is 10.1. The molecule has 1 radical (unpaired) electrons. The molecule has 91 valence electrons. The Labute approximate surface area is 101 Å². The van der Waals surface area contributed by atoms with Gasteiger partial charge in [0.15, 0.2) is 0 Å². The minimum atomic E-state index is -1.01. The Morgan fingerprint density at radius 1 is 1.13 bits per heavy atom. The van der Waals surface area contributed by atoms with E-state index in [0.29, 0.717) is 14.3 Å². The normalized spacial score (nSPS) is 11.7. The highest BCUT2D eigenvalue weighted by atomic mass is 79.9. The van der Waals surface area contributed by atoms with Crippen molar-refractivity contribution in [2.24, 2.45) is 0 Å². The summed E-state index contributed by atoms with van der Waals surface area (Å²) < 4.78 is 4.47. The standard InChI is InChI=1S/C6H14O2.C3H7BBrO2/c1-5(2,7)6(3,4)8;5-2-1-3-7-4-6/h7-8H,1-4H3;6H,1-3H2. The second-order valence-electron chi connectivity index (χ2n) is 4.14. The highest BCUT2D eigenvalue weighted by molar-refractivity contribution is 9.09. The molecule has 0 bridgehead atoms. The summed E-state index contributed by atoms with van der Waals surface area (Å²) in [5.41, 5.74) is -2.01. The van der Waals surface area contributed by atoms with Crippen LogP contribution in [0.1, 0.15) is 34.1 Å². The van der Waals surface area contributed by atoms with E-state index in [2.05, 4.69) is 20.6 Å². The van der Waals surface area contributed by atoms with Crippen LogP contribution in [0, 0.1) is 0 Å². The molecular formula is C9H21BBrO4.